The summed E-state index contributed by atoms with van der Waals surface area (Å²) in [6, 6.07) is 8.93. The fourth-order valence-corrected chi connectivity index (χ4v) is 1.33. The lowest BCUT2D eigenvalue weighted by Crippen LogP contribution is -2.46. The Labute approximate surface area is 110 Å². The largest absolute Gasteiger partial charge is 0.394 e. The zero-order chi connectivity index (χ0) is 14.3. The number of hydrogen-bond donors (Lipinski definition) is 6. The van der Waals surface area contributed by atoms with Gasteiger partial charge in [0.05, 0.1) is 18.5 Å². The van der Waals surface area contributed by atoms with Crippen molar-refractivity contribution >= 4 is 11.9 Å². The van der Waals surface area contributed by atoms with Crippen LogP contribution in [0.25, 0.3) is 0 Å². The SMILES string of the molecule is OC[C@H](O)[C@H](O)[C@@H](O)[C@H](O)/C=N\Nc1ccccc1. The van der Waals surface area contributed by atoms with Crippen molar-refractivity contribution in [3.63, 3.8) is 0 Å². The molecule has 0 fully saturated rings. The highest BCUT2D eigenvalue weighted by molar-refractivity contribution is 5.65. The number of rotatable bonds is 7. The van der Waals surface area contributed by atoms with Gasteiger partial charge in [-0.2, -0.15) is 5.10 Å². The third kappa shape index (κ3) is 4.93. The molecule has 7 heteroatoms. The van der Waals surface area contributed by atoms with Crippen LogP contribution < -0.4 is 5.43 Å². The van der Waals surface area contributed by atoms with Crippen LogP contribution in [0.5, 0.6) is 0 Å². The van der Waals surface area contributed by atoms with Crippen molar-refractivity contribution in [3.8, 4) is 0 Å². The fraction of sp³-hybridized carbons (Fsp3) is 0.417. The molecule has 0 radical (unpaired) electrons. The van der Waals surface area contributed by atoms with E-state index in [0.717, 1.165) is 6.21 Å². The van der Waals surface area contributed by atoms with Gasteiger partial charge in [-0.25, -0.2) is 0 Å². The van der Waals surface area contributed by atoms with Gasteiger partial charge in [-0.15, -0.1) is 0 Å². The monoisotopic (exact) mass is 270 g/mol. The Balaban J connectivity index is 2.47. The summed E-state index contributed by atoms with van der Waals surface area (Å²) in [7, 11) is 0. The first-order chi connectivity index (χ1) is 9.06. The summed E-state index contributed by atoms with van der Waals surface area (Å²) < 4.78 is 0. The lowest BCUT2D eigenvalue weighted by atomic mass is 10.0. The normalized spacial score (nSPS) is 17.9. The van der Waals surface area contributed by atoms with Crippen LogP contribution in [0.2, 0.25) is 0 Å². The maximum atomic E-state index is 9.52. The topological polar surface area (TPSA) is 126 Å². The number of nitrogens with zero attached hydrogens (tertiary/aromatic N) is 1. The number of aliphatic hydroxyl groups excluding tert-OH is 5. The van der Waals surface area contributed by atoms with Crippen molar-refractivity contribution in [2.45, 2.75) is 24.4 Å². The second-order valence-electron chi connectivity index (χ2n) is 3.98. The summed E-state index contributed by atoms with van der Waals surface area (Å²) in [5, 5.41) is 49.8. The van der Waals surface area contributed by atoms with Crippen LogP contribution in [0.3, 0.4) is 0 Å². The Kier molecular flexibility index (Phi) is 6.40. The number of anilines is 1. The molecule has 4 atom stereocenters. The van der Waals surface area contributed by atoms with Crippen LogP contribution >= 0.6 is 0 Å². The van der Waals surface area contributed by atoms with Crippen molar-refractivity contribution in [1.82, 2.24) is 0 Å². The number of aliphatic hydroxyl groups is 5. The van der Waals surface area contributed by atoms with E-state index < -0.39 is 31.0 Å². The molecule has 0 saturated carbocycles. The quantitative estimate of drug-likeness (QED) is 0.265. The molecular weight excluding hydrogens is 252 g/mol. The molecule has 1 aromatic carbocycles. The molecule has 0 bridgehead atoms. The highest BCUT2D eigenvalue weighted by atomic mass is 16.4. The molecule has 0 aromatic heterocycles. The lowest BCUT2D eigenvalue weighted by Gasteiger charge is -2.23. The molecule has 1 rings (SSSR count). The van der Waals surface area contributed by atoms with Crippen molar-refractivity contribution in [2.75, 3.05) is 12.0 Å². The standard InChI is InChI=1S/C12H18N2O5/c15-7-10(17)12(19)11(18)9(16)6-13-14-8-4-2-1-3-5-8/h1-6,9-12,14-19H,7H2/b13-6-/t9-,10+,11+,12+/m1/s1. The number of benzene rings is 1. The van der Waals surface area contributed by atoms with E-state index >= 15 is 0 Å². The van der Waals surface area contributed by atoms with E-state index in [2.05, 4.69) is 10.5 Å². The molecule has 0 spiro atoms. The maximum Gasteiger partial charge on any atom is 0.119 e. The van der Waals surface area contributed by atoms with Gasteiger partial charge in [0.15, 0.2) is 0 Å². The fourth-order valence-electron chi connectivity index (χ4n) is 1.33. The predicted octanol–water partition coefficient (Wildman–Crippen LogP) is -1.48. The zero-order valence-corrected chi connectivity index (χ0v) is 10.2. The molecule has 7 nitrogen and oxygen atoms in total. The van der Waals surface area contributed by atoms with Crippen LogP contribution in [0.1, 0.15) is 0 Å². The van der Waals surface area contributed by atoms with Crippen LogP contribution in [-0.2, 0) is 0 Å². The molecule has 0 heterocycles. The Hall–Kier alpha value is -1.51. The predicted molar refractivity (Wildman–Crippen MR) is 69.7 cm³/mol. The molecule has 0 amide bonds. The lowest BCUT2D eigenvalue weighted by molar-refractivity contribution is -0.0999. The second-order valence-corrected chi connectivity index (χ2v) is 3.98. The summed E-state index contributed by atoms with van der Waals surface area (Å²) in [5.74, 6) is 0. The van der Waals surface area contributed by atoms with Crippen LogP contribution in [0.4, 0.5) is 5.69 Å². The summed E-state index contributed by atoms with van der Waals surface area (Å²) in [4.78, 5) is 0. The Bertz CT molecular complexity index is 387. The molecule has 0 saturated heterocycles. The van der Waals surface area contributed by atoms with Crippen LogP contribution in [-0.4, -0.2) is 62.8 Å². The van der Waals surface area contributed by atoms with E-state index in [-0.39, 0.29) is 0 Å². The van der Waals surface area contributed by atoms with E-state index in [4.69, 9.17) is 10.2 Å². The van der Waals surface area contributed by atoms with Gasteiger partial charge in [0.2, 0.25) is 0 Å². The van der Waals surface area contributed by atoms with Crippen LogP contribution in [0.15, 0.2) is 35.4 Å². The minimum absolute atomic E-state index is 0.691. The molecule has 0 aliphatic rings. The molecule has 6 N–H and O–H groups in total. The minimum Gasteiger partial charge on any atom is -0.394 e. The molecule has 19 heavy (non-hydrogen) atoms. The van der Waals surface area contributed by atoms with Crippen LogP contribution in [0, 0.1) is 0 Å². The van der Waals surface area contributed by atoms with Crippen molar-refractivity contribution in [1.29, 1.82) is 0 Å². The summed E-state index contributed by atoms with van der Waals surface area (Å²) in [6.45, 7) is -0.718. The first-order valence-electron chi connectivity index (χ1n) is 5.73. The Morgan fingerprint density at radius 2 is 1.68 bits per heavy atom. The number of hydrazone groups is 1. The van der Waals surface area contributed by atoms with Gasteiger partial charge in [-0.05, 0) is 12.1 Å². The van der Waals surface area contributed by atoms with Gasteiger partial charge in [-0.3, -0.25) is 5.43 Å². The molecular formula is C12H18N2O5. The van der Waals surface area contributed by atoms with E-state index in [0.29, 0.717) is 5.69 Å². The number of hydrogen-bond acceptors (Lipinski definition) is 7. The first kappa shape index (κ1) is 15.5. The van der Waals surface area contributed by atoms with Crippen molar-refractivity contribution in [3.05, 3.63) is 30.3 Å². The zero-order valence-electron chi connectivity index (χ0n) is 10.2. The average Bonchev–Trinajstić information content (AvgIpc) is 2.45. The molecule has 1 aromatic rings. The number of nitrogens with one attached hydrogen (secondary N) is 1. The Morgan fingerprint density at radius 1 is 1.05 bits per heavy atom. The summed E-state index contributed by atoms with van der Waals surface area (Å²) in [5.41, 5.74) is 3.31. The third-order valence-corrected chi connectivity index (χ3v) is 2.48. The van der Waals surface area contributed by atoms with Crippen molar-refractivity contribution < 1.29 is 25.5 Å². The number of para-hydroxylation sites is 1. The van der Waals surface area contributed by atoms with Crippen molar-refractivity contribution in [2.24, 2.45) is 5.10 Å². The maximum absolute atomic E-state index is 9.52. The Morgan fingerprint density at radius 3 is 2.26 bits per heavy atom. The second kappa shape index (κ2) is 7.82. The first-order valence-corrected chi connectivity index (χ1v) is 5.73. The molecule has 0 aliphatic heterocycles. The van der Waals surface area contributed by atoms with E-state index in [9.17, 15) is 15.3 Å². The molecule has 106 valence electrons. The molecule has 0 aliphatic carbocycles. The molecule has 0 unspecified atom stereocenters. The van der Waals surface area contributed by atoms with Gasteiger partial charge in [-0.1, -0.05) is 18.2 Å². The summed E-state index contributed by atoms with van der Waals surface area (Å²) in [6.07, 6.45) is -5.33. The van der Waals surface area contributed by atoms with E-state index in [1.54, 1.807) is 24.3 Å². The smallest absolute Gasteiger partial charge is 0.119 e. The third-order valence-electron chi connectivity index (χ3n) is 2.48. The van der Waals surface area contributed by atoms with E-state index in [1.807, 2.05) is 6.07 Å². The van der Waals surface area contributed by atoms with Gasteiger partial charge in [0, 0.05) is 0 Å². The summed E-state index contributed by atoms with van der Waals surface area (Å²) >= 11 is 0. The van der Waals surface area contributed by atoms with Gasteiger partial charge in [0.1, 0.15) is 24.4 Å². The van der Waals surface area contributed by atoms with Gasteiger partial charge < -0.3 is 25.5 Å². The average molecular weight is 270 g/mol. The minimum atomic E-state index is -1.66. The van der Waals surface area contributed by atoms with Gasteiger partial charge >= 0.3 is 0 Å². The highest BCUT2D eigenvalue weighted by Gasteiger charge is 2.29. The van der Waals surface area contributed by atoms with Gasteiger partial charge in [0.25, 0.3) is 0 Å². The highest BCUT2D eigenvalue weighted by Crippen LogP contribution is 2.06. The van der Waals surface area contributed by atoms with E-state index in [1.165, 1.54) is 0 Å².